The molecule has 0 fully saturated rings. The first-order valence-corrected chi connectivity index (χ1v) is 12.4. The van der Waals surface area contributed by atoms with E-state index >= 15 is 0 Å². The molecule has 28 heavy (non-hydrogen) atoms. The minimum absolute atomic E-state index is 0.750. The monoisotopic (exact) mass is 397 g/mol. The van der Waals surface area contributed by atoms with Crippen LogP contribution in [0, 0.1) is 5.41 Å². The molecule has 3 nitrogen and oxygen atoms in total. The van der Waals surface area contributed by atoms with E-state index in [0.717, 1.165) is 19.3 Å². The largest absolute Gasteiger partial charge is 0.381 e. The van der Waals surface area contributed by atoms with E-state index in [-0.39, 0.29) is 0 Å². The molecule has 3 heteroatoms. The highest BCUT2D eigenvalue weighted by Crippen LogP contribution is 2.12. The Kier molecular flexibility index (Phi) is 32.8. The second-order valence-electron chi connectivity index (χ2n) is 8.08. The first-order valence-electron chi connectivity index (χ1n) is 12.4. The first kappa shape index (κ1) is 29.5. The van der Waals surface area contributed by atoms with Crippen molar-refractivity contribution in [1.82, 2.24) is 0 Å². The van der Waals surface area contributed by atoms with Gasteiger partial charge in [0.1, 0.15) is 0 Å². The van der Waals surface area contributed by atoms with Gasteiger partial charge in [-0.2, -0.15) is 0 Å². The van der Waals surface area contributed by atoms with E-state index in [1.54, 1.807) is 0 Å². The molecule has 168 valence electrons. The summed E-state index contributed by atoms with van der Waals surface area (Å²) in [7, 11) is 0. The van der Waals surface area contributed by atoms with Crippen LogP contribution in [0.15, 0.2) is 0 Å². The van der Waals surface area contributed by atoms with Gasteiger partial charge in [-0.05, 0) is 12.8 Å². The fourth-order valence-electron chi connectivity index (χ4n) is 3.49. The summed E-state index contributed by atoms with van der Waals surface area (Å²) in [6, 6.07) is 0. The van der Waals surface area contributed by atoms with Gasteiger partial charge in [0.25, 0.3) is 0 Å². The Bertz CT molecular complexity index is 266. The first-order chi connectivity index (χ1) is 13.8. The molecule has 0 aliphatic carbocycles. The third kappa shape index (κ3) is 33.0. The summed E-state index contributed by atoms with van der Waals surface area (Å²) in [5, 5.41) is 5.40. The molecule has 0 aromatic heterocycles. The summed E-state index contributed by atoms with van der Waals surface area (Å²) in [6.07, 6.45) is 28.9. The zero-order valence-electron chi connectivity index (χ0n) is 19.4. The molecule has 0 aromatic carbocycles. The predicted molar refractivity (Wildman–Crippen MR) is 123 cm³/mol. The predicted octanol–water partition coefficient (Wildman–Crippen LogP) is 8.75. The third-order valence-corrected chi connectivity index (χ3v) is 5.28. The summed E-state index contributed by atoms with van der Waals surface area (Å²) in [4.78, 5) is 8.35. The van der Waals surface area contributed by atoms with Gasteiger partial charge in [-0.1, -0.05) is 129 Å². The number of ether oxygens (including phenoxy) is 1. The molecular weight excluding hydrogens is 346 g/mol. The maximum atomic E-state index is 8.35. The van der Waals surface area contributed by atoms with E-state index in [1.807, 2.05) is 0 Å². The van der Waals surface area contributed by atoms with Gasteiger partial charge in [0, 0.05) is 13.2 Å². The third-order valence-electron chi connectivity index (χ3n) is 5.28. The molecule has 1 N–H and O–H groups in total. The Morgan fingerprint density at radius 1 is 0.500 bits per heavy atom. The maximum absolute atomic E-state index is 8.35. The topological polar surface area (TPSA) is 50.1 Å². The Morgan fingerprint density at radius 3 is 0.964 bits per heavy atom. The summed E-state index contributed by atoms with van der Waals surface area (Å²) in [6.45, 7) is 6.57. The van der Waals surface area contributed by atoms with Crippen molar-refractivity contribution in [3.8, 4) is 0 Å². The Balaban J connectivity index is 0. The molecule has 0 rings (SSSR count). The summed E-state index contributed by atoms with van der Waals surface area (Å²) in [5.41, 5.74) is 0. The fourth-order valence-corrected chi connectivity index (χ4v) is 3.49. The molecule has 0 radical (unpaired) electrons. The van der Waals surface area contributed by atoms with Crippen molar-refractivity contribution in [2.45, 2.75) is 142 Å². The van der Waals surface area contributed by atoms with Crippen molar-refractivity contribution >= 4 is 6.08 Å². The molecule has 0 bridgehead atoms. The molecule has 0 amide bonds. The van der Waals surface area contributed by atoms with Gasteiger partial charge >= 0.3 is 0 Å². The van der Waals surface area contributed by atoms with E-state index in [0.29, 0.717) is 0 Å². The fraction of sp³-hybridized carbons (Fsp3) is 0.960. The standard InChI is InChI=1S/C24H50O.CHNO/c1-3-5-7-9-11-13-15-17-19-21-23-25-24-22-20-18-16-14-12-10-8-6-4-2;2-1-3/h3-24H2,1-2H3;2H. The van der Waals surface area contributed by atoms with Crippen LogP contribution in [0.1, 0.15) is 142 Å². The zero-order chi connectivity index (χ0) is 21.0. The Hall–Kier alpha value is -0.660. The van der Waals surface area contributed by atoms with Gasteiger partial charge < -0.3 is 4.74 Å². The average Bonchev–Trinajstić information content (AvgIpc) is 2.70. The van der Waals surface area contributed by atoms with Crippen molar-refractivity contribution in [3.63, 3.8) is 0 Å². The number of rotatable bonds is 22. The molecule has 0 saturated carbocycles. The lowest BCUT2D eigenvalue weighted by Gasteiger charge is -2.05. The number of hydrogen-bond donors (Lipinski definition) is 1. The molecular formula is C25H51NO2. The minimum Gasteiger partial charge on any atom is -0.381 e. The number of isocyanates is 1. The second kappa shape index (κ2) is 31.0. The quantitative estimate of drug-likeness (QED) is 0.113. The molecule has 0 spiro atoms. The van der Waals surface area contributed by atoms with Crippen LogP contribution in [0.2, 0.25) is 0 Å². The number of carbonyl (C=O) groups excluding carboxylic acids is 1. The van der Waals surface area contributed by atoms with E-state index in [2.05, 4.69) is 13.8 Å². The maximum Gasteiger partial charge on any atom is 0.231 e. The summed E-state index contributed by atoms with van der Waals surface area (Å²) < 4.78 is 5.78. The lowest BCUT2D eigenvalue weighted by molar-refractivity contribution is 0.125. The van der Waals surface area contributed by atoms with Crippen LogP contribution in [0.25, 0.3) is 0 Å². The average molecular weight is 398 g/mol. The SMILES string of the molecule is CCCCCCCCCCCCOCCCCCCCCCCCC.N=C=O. The van der Waals surface area contributed by atoms with E-state index in [9.17, 15) is 0 Å². The summed E-state index contributed by atoms with van der Waals surface area (Å²) in [5.74, 6) is 0. The molecule has 0 atom stereocenters. The highest BCUT2D eigenvalue weighted by molar-refractivity contribution is 5.26. The Labute approximate surface area is 176 Å². The zero-order valence-corrected chi connectivity index (χ0v) is 19.4. The smallest absolute Gasteiger partial charge is 0.231 e. The lowest BCUT2D eigenvalue weighted by atomic mass is 10.1. The van der Waals surface area contributed by atoms with Gasteiger partial charge in [0.05, 0.1) is 0 Å². The highest BCUT2D eigenvalue weighted by Gasteiger charge is 1.95. The van der Waals surface area contributed by atoms with Crippen LogP contribution in [0.4, 0.5) is 0 Å². The van der Waals surface area contributed by atoms with Crippen LogP contribution in [0.3, 0.4) is 0 Å². The lowest BCUT2D eigenvalue weighted by Crippen LogP contribution is -1.97. The second-order valence-corrected chi connectivity index (χ2v) is 8.08. The van der Waals surface area contributed by atoms with Gasteiger partial charge in [-0.25, -0.2) is 10.2 Å². The van der Waals surface area contributed by atoms with Crippen LogP contribution >= 0.6 is 0 Å². The van der Waals surface area contributed by atoms with E-state index < -0.39 is 0 Å². The van der Waals surface area contributed by atoms with Crippen LogP contribution in [0.5, 0.6) is 0 Å². The number of nitrogens with one attached hydrogen (secondary N) is 1. The number of hydrogen-bond acceptors (Lipinski definition) is 3. The van der Waals surface area contributed by atoms with E-state index in [1.165, 1.54) is 128 Å². The molecule has 0 aliphatic rings. The molecule has 0 saturated heterocycles. The van der Waals surface area contributed by atoms with Gasteiger partial charge in [-0.15, -0.1) is 0 Å². The van der Waals surface area contributed by atoms with E-state index in [4.69, 9.17) is 14.9 Å². The molecule has 0 unspecified atom stereocenters. The summed E-state index contributed by atoms with van der Waals surface area (Å²) >= 11 is 0. The number of unbranched alkanes of at least 4 members (excludes halogenated alkanes) is 18. The Morgan fingerprint density at radius 2 is 0.714 bits per heavy atom. The van der Waals surface area contributed by atoms with Gasteiger partial charge in [0.2, 0.25) is 6.08 Å². The van der Waals surface area contributed by atoms with Crippen LogP contribution < -0.4 is 0 Å². The molecule has 0 aliphatic heterocycles. The van der Waals surface area contributed by atoms with Crippen LogP contribution in [-0.2, 0) is 9.53 Å². The van der Waals surface area contributed by atoms with Crippen molar-refractivity contribution in [2.24, 2.45) is 0 Å². The van der Waals surface area contributed by atoms with Gasteiger partial charge in [-0.3, -0.25) is 0 Å². The highest BCUT2D eigenvalue weighted by atomic mass is 16.5. The van der Waals surface area contributed by atoms with Gasteiger partial charge in [0.15, 0.2) is 0 Å². The van der Waals surface area contributed by atoms with Crippen molar-refractivity contribution in [2.75, 3.05) is 13.2 Å². The van der Waals surface area contributed by atoms with Crippen molar-refractivity contribution in [3.05, 3.63) is 0 Å². The minimum atomic E-state index is 0.750. The molecule has 0 aromatic rings. The van der Waals surface area contributed by atoms with Crippen molar-refractivity contribution < 1.29 is 9.53 Å². The van der Waals surface area contributed by atoms with Crippen LogP contribution in [-0.4, -0.2) is 19.3 Å². The molecule has 0 heterocycles. The normalized spacial score (nSPS) is 10.4. The van der Waals surface area contributed by atoms with Crippen molar-refractivity contribution in [1.29, 1.82) is 5.41 Å².